The number of anilines is 4. The van der Waals surface area contributed by atoms with E-state index in [0.717, 1.165) is 0 Å². The van der Waals surface area contributed by atoms with E-state index in [0.29, 0.717) is 27.3 Å². The van der Waals surface area contributed by atoms with Crippen molar-refractivity contribution in [1.82, 2.24) is 14.5 Å². The number of halogens is 4. The Morgan fingerprint density at radius 1 is 1.08 bits per heavy atom. The fourth-order valence-corrected chi connectivity index (χ4v) is 4.60. The summed E-state index contributed by atoms with van der Waals surface area (Å²) in [7, 11) is -2.71. The molecule has 188 valence electrons. The molecule has 0 fully saturated rings. The Balaban J connectivity index is 1.72. The van der Waals surface area contributed by atoms with Gasteiger partial charge in [0.05, 0.1) is 17.2 Å². The second kappa shape index (κ2) is 9.66. The first-order valence-electron chi connectivity index (χ1n) is 10.2. The van der Waals surface area contributed by atoms with Gasteiger partial charge < -0.3 is 25.0 Å². The van der Waals surface area contributed by atoms with Gasteiger partial charge in [0.2, 0.25) is 5.95 Å². The highest BCUT2D eigenvalue weighted by Crippen LogP contribution is 2.39. The summed E-state index contributed by atoms with van der Waals surface area (Å²) in [6.07, 6.45) is -3.04. The lowest BCUT2D eigenvalue weighted by Crippen LogP contribution is -2.18. The van der Waals surface area contributed by atoms with Crippen molar-refractivity contribution in [2.75, 3.05) is 10.6 Å². The van der Waals surface area contributed by atoms with Crippen LogP contribution in [-0.2, 0) is 24.0 Å². The molecule has 0 bridgehead atoms. The number of rotatable bonds is 6. The van der Waals surface area contributed by atoms with Gasteiger partial charge in [-0.2, -0.15) is 18.2 Å². The Hall–Kier alpha value is -3.25. The van der Waals surface area contributed by atoms with E-state index >= 15 is 0 Å². The second-order valence-corrected chi connectivity index (χ2v) is 10.3. The third-order valence-corrected chi connectivity index (χ3v) is 6.61. The zero-order valence-electron chi connectivity index (χ0n) is 18.4. The van der Waals surface area contributed by atoms with Crippen molar-refractivity contribution < 1.29 is 27.5 Å². The highest BCUT2D eigenvalue weighted by Gasteiger charge is 2.35. The first-order chi connectivity index (χ1) is 16.8. The van der Waals surface area contributed by atoms with E-state index in [1.54, 1.807) is 18.3 Å². The molecule has 0 unspecified atom stereocenters. The number of nitrogens with one attached hydrogen (secondary N) is 2. The molecule has 9 nitrogen and oxygen atoms in total. The molecule has 0 aliphatic heterocycles. The van der Waals surface area contributed by atoms with Crippen molar-refractivity contribution in [3.8, 4) is 0 Å². The standard InChI is InChI=1S/C22H18BrF3N5O4P/c1-31-9-8-14-16(23)6-7-17(18(14)20(31)32)29-19-15(22(24,25)26)10-27-21(30-19)28-13-4-2-12(3-5-13)11-36(33,34)35/h2-10H,11H2,1H3,(H2,33,34,35)(H2,27,28,29,30). The minimum Gasteiger partial charge on any atom is -0.339 e. The van der Waals surface area contributed by atoms with Crippen LogP contribution in [0.15, 0.2) is 64.1 Å². The lowest BCUT2D eigenvalue weighted by Gasteiger charge is -2.16. The highest BCUT2D eigenvalue weighted by atomic mass is 79.9. The smallest absolute Gasteiger partial charge is 0.339 e. The van der Waals surface area contributed by atoms with Gasteiger partial charge >= 0.3 is 13.8 Å². The quantitative estimate of drug-likeness (QED) is 0.226. The number of fused-ring (bicyclic) bond motifs is 1. The van der Waals surface area contributed by atoms with Gasteiger partial charge in [0.1, 0.15) is 11.4 Å². The van der Waals surface area contributed by atoms with Gasteiger partial charge in [0.15, 0.2) is 0 Å². The average Bonchev–Trinajstić information content (AvgIpc) is 2.77. The van der Waals surface area contributed by atoms with Crippen molar-refractivity contribution in [2.45, 2.75) is 12.3 Å². The van der Waals surface area contributed by atoms with E-state index < -0.39 is 36.9 Å². The monoisotopic (exact) mass is 583 g/mol. The fraction of sp³-hybridized carbons (Fsp3) is 0.136. The maximum atomic E-state index is 13.7. The minimum atomic E-state index is -4.78. The van der Waals surface area contributed by atoms with Gasteiger partial charge in [-0.1, -0.05) is 28.1 Å². The van der Waals surface area contributed by atoms with Crippen LogP contribution in [0.2, 0.25) is 0 Å². The predicted molar refractivity (Wildman–Crippen MR) is 133 cm³/mol. The first-order valence-corrected chi connectivity index (χ1v) is 12.8. The lowest BCUT2D eigenvalue weighted by atomic mass is 10.1. The van der Waals surface area contributed by atoms with Gasteiger partial charge in [-0.25, -0.2) is 4.98 Å². The van der Waals surface area contributed by atoms with Crippen molar-refractivity contribution in [1.29, 1.82) is 0 Å². The summed E-state index contributed by atoms with van der Waals surface area (Å²) in [4.78, 5) is 38.7. The molecule has 4 N–H and O–H groups in total. The molecule has 2 aromatic carbocycles. The Kier molecular flexibility index (Phi) is 6.93. The van der Waals surface area contributed by atoms with Crippen molar-refractivity contribution >= 4 is 57.4 Å². The molecule has 0 radical (unpaired) electrons. The Bertz CT molecular complexity index is 1550. The van der Waals surface area contributed by atoms with Gasteiger partial charge in [-0.3, -0.25) is 9.36 Å². The summed E-state index contributed by atoms with van der Waals surface area (Å²) >= 11 is 3.36. The molecule has 0 amide bonds. The Morgan fingerprint density at radius 3 is 2.42 bits per heavy atom. The topological polar surface area (TPSA) is 129 Å². The molecular weight excluding hydrogens is 566 g/mol. The van der Waals surface area contributed by atoms with Crippen molar-refractivity contribution in [2.24, 2.45) is 7.05 Å². The number of nitrogens with zero attached hydrogens (tertiary/aromatic N) is 3. The van der Waals surface area contributed by atoms with Gasteiger partial charge in [-0.05, 0) is 35.9 Å². The molecule has 2 heterocycles. The molecule has 0 aliphatic carbocycles. The van der Waals surface area contributed by atoms with Crippen LogP contribution in [0.1, 0.15) is 11.1 Å². The molecule has 0 aliphatic rings. The summed E-state index contributed by atoms with van der Waals surface area (Å²) in [5.41, 5.74) is -0.640. The summed E-state index contributed by atoms with van der Waals surface area (Å²) < 4.78 is 54.3. The second-order valence-electron chi connectivity index (χ2n) is 7.84. The summed E-state index contributed by atoms with van der Waals surface area (Å²) in [5, 5.41) is 6.11. The highest BCUT2D eigenvalue weighted by molar-refractivity contribution is 9.10. The van der Waals surface area contributed by atoms with Gasteiger partial charge in [0.25, 0.3) is 5.56 Å². The van der Waals surface area contributed by atoms with E-state index in [2.05, 4.69) is 36.5 Å². The van der Waals surface area contributed by atoms with Crippen LogP contribution in [0, 0.1) is 0 Å². The molecule has 0 saturated carbocycles. The van der Waals surface area contributed by atoms with Crippen LogP contribution in [0.5, 0.6) is 0 Å². The van der Waals surface area contributed by atoms with E-state index in [1.165, 1.54) is 41.9 Å². The largest absolute Gasteiger partial charge is 0.421 e. The third-order valence-electron chi connectivity index (χ3n) is 5.14. The van der Waals surface area contributed by atoms with Crippen molar-refractivity contribution in [3.05, 3.63) is 80.8 Å². The van der Waals surface area contributed by atoms with Crippen LogP contribution in [0.3, 0.4) is 0 Å². The number of pyridine rings is 1. The molecule has 2 aromatic heterocycles. The Labute approximate surface area is 210 Å². The molecule has 4 rings (SSSR count). The van der Waals surface area contributed by atoms with Crippen LogP contribution < -0.4 is 16.2 Å². The van der Waals surface area contributed by atoms with Crippen molar-refractivity contribution in [3.63, 3.8) is 0 Å². The molecular formula is C22H18BrF3N5O4P. The lowest BCUT2D eigenvalue weighted by molar-refractivity contribution is -0.137. The van der Waals surface area contributed by atoms with Crippen LogP contribution in [0.4, 0.5) is 36.3 Å². The van der Waals surface area contributed by atoms with Gasteiger partial charge in [-0.15, -0.1) is 0 Å². The molecule has 0 spiro atoms. The van der Waals surface area contributed by atoms with E-state index in [1.807, 2.05) is 0 Å². The maximum Gasteiger partial charge on any atom is 0.421 e. The SMILES string of the molecule is Cn1ccc2c(Br)ccc(Nc3nc(Nc4ccc(CP(=O)(O)O)cc4)ncc3C(F)(F)F)c2c1=O. The predicted octanol–water partition coefficient (Wildman–Crippen LogP) is 5.27. The van der Waals surface area contributed by atoms with Gasteiger partial charge in [0, 0.05) is 35.0 Å². The van der Waals surface area contributed by atoms with Crippen LogP contribution in [0.25, 0.3) is 10.8 Å². The minimum absolute atomic E-state index is 0.131. The number of benzene rings is 2. The molecule has 4 aromatic rings. The zero-order valence-corrected chi connectivity index (χ0v) is 20.9. The number of aromatic nitrogens is 3. The van der Waals surface area contributed by atoms with Crippen LogP contribution >= 0.6 is 23.5 Å². The average molecular weight is 584 g/mol. The molecule has 0 saturated heterocycles. The summed E-state index contributed by atoms with van der Waals surface area (Å²) in [5.74, 6) is -0.727. The molecule has 14 heteroatoms. The van der Waals surface area contributed by atoms with Crippen LogP contribution in [-0.4, -0.2) is 24.3 Å². The number of aryl methyl sites for hydroxylation is 1. The summed E-state index contributed by atoms with van der Waals surface area (Å²) in [6.45, 7) is 0. The van der Waals surface area contributed by atoms with E-state index in [-0.39, 0.29) is 17.0 Å². The molecule has 0 atom stereocenters. The number of hydrogen-bond acceptors (Lipinski definition) is 6. The summed E-state index contributed by atoms with van der Waals surface area (Å²) in [6, 6.07) is 10.7. The molecule has 36 heavy (non-hydrogen) atoms. The zero-order chi connectivity index (χ0) is 26.3. The number of alkyl halides is 3. The number of hydrogen-bond donors (Lipinski definition) is 4. The Morgan fingerprint density at radius 2 is 1.78 bits per heavy atom. The van der Waals surface area contributed by atoms with E-state index in [4.69, 9.17) is 9.79 Å². The normalized spacial score (nSPS) is 12.1. The maximum absolute atomic E-state index is 13.7. The first kappa shape index (κ1) is 25.8. The fourth-order valence-electron chi connectivity index (χ4n) is 3.45. The third kappa shape index (κ3) is 5.76. The van der Waals surface area contributed by atoms with E-state index in [9.17, 15) is 22.5 Å².